The van der Waals surface area contributed by atoms with Gasteiger partial charge in [-0.3, -0.25) is 14.4 Å². The van der Waals surface area contributed by atoms with E-state index in [-0.39, 0.29) is 109 Å². The van der Waals surface area contributed by atoms with E-state index in [1.165, 1.54) is 74.6 Å². The lowest BCUT2D eigenvalue weighted by molar-refractivity contribution is -0.147. The molecule has 18 nitrogen and oxygen atoms in total. The average Bonchev–Trinajstić information content (AvgIpc) is 0.801. The third-order valence-electron chi connectivity index (χ3n) is 29.6. The summed E-state index contributed by atoms with van der Waals surface area (Å²) in [5.74, 6) is -0.664. The molecule has 12 aromatic carbocycles. The van der Waals surface area contributed by atoms with Gasteiger partial charge in [0.1, 0.15) is 18.1 Å². The number of anilines is 6. The van der Waals surface area contributed by atoms with Crippen LogP contribution in [-0.2, 0) is 86.2 Å². The fraction of sp³-hybridized carbons (Fsp3) is 0.405. The summed E-state index contributed by atoms with van der Waals surface area (Å²) in [6.45, 7) is 24.5. The number of esters is 1. The van der Waals surface area contributed by atoms with Crippen molar-refractivity contribution < 1.29 is 86.3 Å². The van der Waals surface area contributed by atoms with Gasteiger partial charge in [0.05, 0.1) is 65.8 Å². The normalized spacial score (nSPS) is 20.0. The van der Waals surface area contributed by atoms with Crippen molar-refractivity contribution in [3.05, 3.63) is 379 Å². The number of aryl methyl sites for hydroxylation is 1. The first-order valence-electron chi connectivity index (χ1n) is 52.9. The molecule has 798 valence electrons. The van der Waals surface area contributed by atoms with Crippen LogP contribution < -0.4 is 31.9 Å². The van der Waals surface area contributed by atoms with Crippen LogP contribution in [0.15, 0.2) is 279 Å². The van der Waals surface area contributed by atoms with Crippen molar-refractivity contribution in [1.29, 1.82) is 0 Å². The molecule has 0 aliphatic carbocycles. The maximum atomic E-state index is 13.2. The molecule has 18 rings (SSSR count). The van der Waals surface area contributed by atoms with E-state index in [0.29, 0.717) is 85.1 Å². The molecular weight excluding hydrogens is 1900 g/mol. The summed E-state index contributed by atoms with van der Waals surface area (Å²) in [6.07, 6.45) is 2.93. The summed E-state index contributed by atoms with van der Waals surface area (Å²) in [5.41, 5.74) is 23.1. The Hall–Kier alpha value is -13.1. The van der Waals surface area contributed by atoms with Gasteiger partial charge in [0, 0.05) is 60.4 Å². The third kappa shape index (κ3) is 31.5. The van der Waals surface area contributed by atoms with Gasteiger partial charge in [0.25, 0.3) is 0 Å². The van der Waals surface area contributed by atoms with E-state index in [4.69, 9.17) is 9.84 Å². The molecule has 2 unspecified atom stereocenters. The summed E-state index contributed by atoms with van der Waals surface area (Å²) in [7, 11) is 0. The minimum atomic E-state index is -4.39. The van der Waals surface area contributed by atoms with Crippen LogP contribution in [0, 0.1) is 42.4 Å². The maximum absolute atomic E-state index is 13.2. The number of aromatic hydroxyl groups is 2. The number of benzene rings is 12. The minimum Gasteiger partial charge on any atom is -0.508 e. The average molecular weight is 2050 g/mol. The number of alkyl halides is 6. The van der Waals surface area contributed by atoms with Gasteiger partial charge in [-0.05, 0) is 317 Å². The molecule has 14 N–H and O–H groups in total. The number of aliphatic carboxylic acids is 2. The number of hydrogen-bond donors (Lipinski definition) is 14. The van der Waals surface area contributed by atoms with Gasteiger partial charge in [-0.25, -0.2) is 0 Å². The second-order valence-electron chi connectivity index (χ2n) is 44.0. The standard InChI is InChI=1S/C25H30F3NO3.2C22H29NO2.C20H23NO2.C19H20F3NO.C18H19NO2/c1-2-3-9-23(31)32-16-21(30)12-10-18-14-19-15-20(25(26,27)28)11-13-22(19)29-24(18)17-7-5-4-6-8-17;2*1-22(2,3)18-9-10-20-17(13-18)12-15(7-5-11-24)21(23-20)16-6-4-8-19(25)14-16;1-20(2,3)15-9-10-17-14(11-15)12-16(19(22)23)18(21-17)13-7-5-4-6-8-13;20-19(21,22)16-8-9-17-15(12-16)11-14(7-4-10-24)18(23-17)13-5-2-1-3-6-13;1-12-7-8-16-14(9-12)10-15(11-17(20)21)18(19-16)13-5-3-2-4-6-13/h4-8,11,13,15,18,21,24,29-30H,2-3,9-10,12,14,16H2,1H3;2*4,6,8-10,13-15,21,23-25H,5,7,11-12H2,1-3H3;4-11,16,18,21H,12H2,1-3H3,(H,22,23);1-3,5-6,8-9,12,14,18,23-24H,4,7,10-11H2;2-9,15,18-19H,10-11H2,1H3,(H,20,21)/t18?,21-,24?;15-,21+;15-,21-;16-,18-;14-,18-;15-,18+/m011100/s1. The number of carbonyl (C=O) groups excluding carboxylic acids is 1. The number of fused-ring (bicyclic) bond motifs is 6. The molecule has 0 radical (unpaired) electrons. The summed E-state index contributed by atoms with van der Waals surface area (Å²) >= 11 is 0. The molecule has 150 heavy (non-hydrogen) atoms. The lowest BCUT2D eigenvalue weighted by atomic mass is 9.78. The molecule has 0 amide bonds. The Morgan fingerprint density at radius 2 is 0.640 bits per heavy atom. The molecule has 0 aromatic heterocycles. The number of aliphatic hydroxyl groups is 4. The second kappa shape index (κ2) is 52.1. The van der Waals surface area contributed by atoms with Crippen molar-refractivity contribution in [2.75, 3.05) is 58.3 Å². The van der Waals surface area contributed by atoms with E-state index in [1.807, 2.05) is 140 Å². The van der Waals surface area contributed by atoms with Crippen LogP contribution in [0.5, 0.6) is 11.5 Å². The molecule has 6 heterocycles. The summed E-state index contributed by atoms with van der Waals surface area (Å²) in [5, 5.41) is 97.8. The van der Waals surface area contributed by atoms with Gasteiger partial charge in [0.15, 0.2) is 0 Å². The Kier molecular flexibility index (Phi) is 39.6. The molecule has 0 saturated heterocycles. The Morgan fingerprint density at radius 3 is 0.967 bits per heavy atom. The van der Waals surface area contributed by atoms with Crippen LogP contribution in [0.25, 0.3) is 0 Å². The molecule has 6 aliphatic rings. The van der Waals surface area contributed by atoms with Crippen molar-refractivity contribution in [1.82, 2.24) is 0 Å². The molecule has 24 heteroatoms. The quantitative estimate of drug-likeness (QED) is 0.0177. The van der Waals surface area contributed by atoms with Crippen LogP contribution in [-0.4, -0.2) is 91.3 Å². The zero-order valence-corrected chi connectivity index (χ0v) is 88.1. The number of aliphatic hydroxyl groups excluding tert-OH is 4. The Morgan fingerprint density at radius 1 is 0.347 bits per heavy atom. The fourth-order valence-corrected chi connectivity index (χ4v) is 21.4. The van der Waals surface area contributed by atoms with Gasteiger partial charge >= 0.3 is 30.3 Å². The first-order valence-corrected chi connectivity index (χ1v) is 52.9. The van der Waals surface area contributed by atoms with Gasteiger partial charge in [-0.15, -0.1) is 0 Å². The van der Waals surface area contributed by atoms with E-state index in [0.717, 1.165) is 132 Å². The van der Waals surface area contributed by atoms with E-state index in [1.54, 1.807) is 12.1 Å². The minimum absolute atomic E-state index is 0.0150. The lowest BCUT2D eigenvalue weighted by Crippen LogP contribution is -2.33. The Labute approximate surface area is 880 Å². The van der Waals surface area contributed by atoms with Crippen molar-refractivity contribution >= 4 is 52.0 Å². The molecule has 0 saturated carbocycles. The number of hydrogen-bond acceptors (Lipinski definition) is 16. The number of halogens is 6. The van der Waals surface area contributed by atoms with E-state index >= 15 is 0 Å². The largest absolute Gasteiger partial charge is 0.508 e. The molecule has 13 atom stereocenters. The van der Waals surface area contributed by atoms with E-state index < -0.39 is 47.4 Å². The van der Waals surface area contributed by atoms with Crippen LogP contribution in [0.3, 0.4) is 0 Å². The highest BCUT2D eigenvalue weighted by molar-refractivity contribution is 5.76. The third-order valence-corrected chi connectivity index (χ3v) is 29.6. The Bertz CT molecular complexity index is 6260. The van der Waals surface area contributed by atoms with Crippen LogP contribution >= 0.6 is 0 Å². The van der Waals surface area contributed by atoms with Crippen LogP contribution in [0.1, 0.15) is 283 Å². The van der Waals surface area contributed by atoms with Crippen LogP contribution in [0.4, 0.5) is 60.5 Å². The number of carboxylic acids is 2. The first-order chi connectivity index (χ1) is 71.5. The molecule has 0 fully saturated rings. The molecule has 0 bridgehead atoms. The number of phenols is 2. The molecule has 6 aliphatic heterocycles. The Balaban J connectivity index is 0.000000151. The van der Waals surface area contributed by atoms with E-state index in [9.17, 15) is 76.5 Å². The fourth-order valence-electron chi connectivity index (χ4n) is 21.4. The van der Waals surface area contributed by atoms with Gasteiger partial charge in [-0.1, -0.05) is 275 Å². The molecule has 12 aromatic rings. The van der Waals surface area contributed by atoms with Crippen LogP contribution in [0.2, 0.25) is 0 Å². The molecular formula is C126H150F6N6O12. The lowest BCUT2D eigenvalue weighted by Gasteiger charge is -2.36. The first kappa shape index (κ1) is 114. The summed E-state index contributed by atoms with van der Waals surface area (Å²) in [4.78, 5) is 34.6. The van der Waals surface area contributed by atoms with Gasteiger partial charge < -0.3 is 77.5 Å². The van der Waals surface area contributed by atoms with Crippen molar-refractivity contribution in [3.8, 4) is 11.5 Å². The second-order valence-corrected chi connectivity index (χ2v) is 44.0. The van der Waals surface area contributed by atoms with Gasteiger partial charge in [0.2, 0.25) is 0 Å². The number of carboxylic acid groups (broad SMARTS) is 2. The smallest absolute Gasteiger partial charge is 0.416 e. The van der Waals surface area contributed by atoms with Gasteiger partial charge in [-0.2, -0.15) is 26.3 Å². The number of carbonyl (C=O) groups is 3. The predicted molar refractivity (Wildman–Crippen MR) is 587 cm³/mol. The highest BCUT2D eigenvalue weighted by Crippen LogP contribution is 2.49. The SMILES string of the molecule is CC(C)(C)c1ccc2c(c1)C[C@@H](C(=O)O)[C@@H](c1ccccc1)N2.CC(C)(C)c1ccc2c(c1)C[C@@H](CCCO)[C@@H](c1cccc(O)c1)N2.CC(C)(C)c1ccc2c(c1)C[C@@H](CCCO)[C@H](c1cccc(O)c1)N2.CCCCC(=O)OC[C@@H](O)CCC1Cc2cc(C(F)(F)F)ccc2NC1c1ccccc1.Cc1ccc2c(c1)C[C@@H](CC(=O)O)[C@@H](c1ccccc1)N2.OCCC[C@H]1Cc2cc(C(F)(F)F)ccc2N[C@H]1c1ccccc1. The number of unbranched alkanes of at least 4 members (excludes halogenated alkanes) is 1. The number of phenolic OH excluding ortho intramolecular Hbond substituents is 2. The zero-order valence-electron chi connectivity index (χ0n) is 88.1. The van der Waals surface area contributed by atoms with E-state index in [2.05, 4.69) is 198 Å². The summed E-state index contributed by atoms with van der Waals surface area (Å²) < 4.78 is 83.5. The number of nitrogens with one attached hydrogen (secondary N) is 6. The van der Waals surface area contributed by atoms with Crippen molar-refractivity contribution in [2.45, 2.75) is 263 Å². The van der Waals surface area contributed by atoms with Crippen molar-refractivity contribution in [3.63, 3.8) is 0 Å². The highest BCUT2D eigenvalue weighted by atomic mass is 19.4. The van der Waals surface area contributed by atoms with Crippen molar-refractivity contribution in [2.24, 2.45) is 35.5 Å². The number of rotatable bonds is 26. The highest BCUT2D eigenvalue weighted by Gasteiger charge is 2.41. The predicted octanol–water partition coefficient (Wildman–Crippen LogP) is 28.5. The summed E-state index contributed by atoms with van der Waals surface area (Å²) in [6, 6.07) is 88.6. The zero-order chi connectivity index (χ0) is 108. The number of ether oxygens (including phenoxy) is 1. The monoisotopic (exact) mass is 2050 g/mol. The molecule has 0 spiro atoms. The maximum Gasteiger partial charge on any atom is 0.416 e. The topological polar surface area (TPSA) is 294 Å².